The zero-order valence-corrected chi connectivity index (χ0v) is 13.4. The average molecular weight is 295 g/mol. The number of nitrogens with one attached hydrogen (secondary N) is 1. The van der Waals surface area contributed by atoms with Gasteiger partial charge in [-0.1, -0.05) is 6.92 Å². The highest BCUT2D eigenvalue weighted by atomic mass is 16.2. The Labute approximate surface area is 125 Å². The van der Waals surface area contributed by atoms with Crippen LogP contribution in [0.4, 0.5) is 5.69 Å². The lowest BCUT2D eigenvalue weighted by atomic mass is 10.2. The minimum absolute atomic E-state index is 0.107. The molecule has 0 aliphatic heterocycles. The smallest absolute Gasteiger partial charge is 0.272 e. The summed E-state index contributed by atoms with van der Waals surface area (Å²) >= 11 is 0. The van der Waals surface area contributed by atoms with Crippen molar-refractivity contribution >= 4 is 17.5 Å². The average Bonchev–Trinajstić information content (AvgIpc) is 2.74. The highest BCUT2D eigenvalue weighted by Crippen LogP contribution is 2.16. The molecule has 1 atom stereocenters. The van der Waals surface area contributed by atoms with Crippen molar-refractivity contribution in [1.82, 2.24) is 20.0 Å². The number of nitrogens with two attached hydrogens (primary N) is 1. The first kappa shape index (κ1) is 17.0. The molecular formula is C14H25N5O2. The van der Waals surface area contributed by atoms with Crippen LogP contribution in [0.2, 0.25) is 0 Å². The maximum Gasteiger partial charge on any atom is 0.272 e. The normalized spacial score (nSPS) is 12.0. The van der Waals surface area contributed by atoms with E-state index in [0.717, 1.165) is 0 Å². The van der Waals surface area contributed by atoms with Crippen LogP contribution in [0, 0.1) is 0 Å². The van der Waals surface area contributed by atoms with Crippen LogP contribution in [0.5, 0.6) is 0 Å². The molecule has 2 amide bonds. The maximum absolute atomic E-state index is 12.3. The Kier molecular flexibility index (Phi) is 5.75. The lowest BCUT2D eigenvalue weighted by molar-refractivity contribution is -0.132. The Balaban J connectivity index is 2.86. The predicted molar refractivity (Wildman–Crippen MR) is 81.9 cm³/mol. The van der Waals surface area contributed by atoms with Crippen molar-refractivity contribution in [1.29, 1.82) is 0 Å². The van der Waals surface area contributed by atoms with Crippen LogP contribution in [0.1, 0.15) is 43.9 Å². The summed E-state index contributed by atoms with van der Waals surface area (Å²) in [5, 5.41) is 6.90. The number of rotatable bonds is 6. The second kappa shape index (κ2) is 7.10. The Morgan fingerprint density at radius 3 is 2.33 bits per heavy atom. The van der Waals surface area contributed by atoms with Crippen LogP contribution in [0.15, 0.2) is 0 Å². The molecule has 0 aliphatic carbocycles. The first-order valence-electron chi connectivity index (χ1n) is 7.28. The van der Waals surface area contributed by atoms with Gasteiger partial charge in [0.2, 0.25) is 5.91 Å². The largest absolute Gasteiger partial charge is 0.395 e. The number of carbonyl (C=O) groups excluding carboxylic acids is 2. The highest BCUT2D eigenvalue weighted by Gasteiger charge is 2.24. The van der Waals surface area contributed by atoms with E-state index in [1.807, 2.05) is 20.8 Å². The van der Waals surface area contributed by atoms with Gasteiger partial charge < -0.3 is 16.0 Å². The fourth-order valence-electron chi connectivity index (χ4n) is 2.26. The van der Waals surface area contributed by atoms with Gasteiger partial charge in [-0.3, -0.25) is 14.3 Å². The van der Waals surface area contributed by atoms with Crippen molar-refractivity contribution in [2.45, 2.75) is 40.2 Å². The summed E-state index contributed by atoms with van der Waals surface area (Å²) in [7, 11) is 1.67. The molecule has 1 rings (SSSR count). The Hall–Kier alpha value is -2.05. The van der Waals surface area contributed by atoms with Crippen molar-refractivity contribution in [3.8, 4) is 0 Å². The van der Waals surface area contributed by atoms with Crippen molar-refractivity contribution in [3.63, 3.8) is 0 Å². The summed E-state index contributed by atoms with van der Waals surface area (Å²) in [5.41, 5.74) is 7.30. The number of hydrogen-bond donors (Lipinski definition) is 2. The zero-order valence-electron chi connectivity index (χ0n) is 13.4. The van der Waals surface area contributed by atoms with Gasteiger partial charge in [0, 0.05) is 20.1 Å². The summed E-state index contributed by atoms with van der Waals surface area (Å²) in [6.07, 6.45) is 0.654. The van der Waals surface area contributed by atoms with Crippen molar-refractivity contribution in [2.24, 2.45) is 7.05 Å². The molecule has 0 radical (unpaired) electrons. The van der Waals surface area contributed by atoms with Crippen LogP contribution in [0.3, 0.4) is 0 Å². The Morgan fingerprint density at radius 2 is 1.90 bits per heavy atom. The van der Waals surface area contributed by atoms with Crippen LogP contribution < -0.4 is 11.1 Å². The van der Waals surface area contributed by atoms with E-state index in [1.54, 1.807) is 18.9 Å². The van der Waals surface area contributed by atoms with Crippen LogP contribution in [-0.2, 0) is 18.3 Å². The number of anilines is 1. The molecule has 118 valence electrons. The number of aryl methyl sites for hydroxylation is 2. The number of nitrogen functional groups attached to an aromatic ring is 1. The van der Waals surface area contributed by atoms with E-state index in [4.69, 9.17) is 5.73 Å². The molecule has 0 saturated heterocycles. The minimum Gasteiger partial charge on any atom is -0.395 e. The Bertz CT molecular complexity index is 520. The third kappa shape index (κ3) is 3.53. The van der Waals surface area contributed by atoms with Crippen LogP contribution in [0.25, 0.3) is 0 Å². The SMILES string of the molecule is CCc1nn(C)c(C(=O)NC(C)C(=O)N(CC)CC)c1N. The van der Waals surface area contributed by atoms with Gasteiger partial charge >= 0.3 is 0 Å². The fraction of sp³-hybridized carbons (Fsp3) is 0.643. The van der Waals surface area contributed by atoms with E-state index in [-0.39, 0.29) is 11.8 Å². The first-order chi connectivity index (χ1) is 9.87. The summed E-state index contributed by atoms with van der Waals surface area (Å²) in [5.74, 6) is -0.486. The van der Waals surface area contributed by atoms with Gasteiger partial charge in [0.05, 0.1) is 11.4 Å². The standard InChI is InChI=1S/C14H25N5O2/c1-6-10-11(15)12(18(5)17-10)13(20)16-9(4)14(21)19(7-2)8-3/h9H,6-8,15H2,1-5H3,(H,16,20). The van der Waals surface area contributed by atoms with E-state index in [2.05, 4.69) is 10.4 Å². The van der Waals surface area contributed by atoms with E-state index in [1.165, 1.54) is 4.68 Å². The summed E-state index contributed by atoms with van der Waals surface area (Å²) in [4.78, 5) is 26.1. The highest BCUT2D eigenvalue weighted by molar-refractivity contribution is 6.00. The summed E-state index contributed by atoms with van der Waals surface area (Å²) in [6, 6.07) is -0.600. The molecule has 0 aliphatic rings. The van der Waals surface area contributed by atoms with E-state index in [0.29, 0.717) is 36.6 Å². The molecule has 1 unspecified atom stereocenters. The molecule has 7 nitrogen and oxygen atoms in total. The van der Waals surface area contributed by atoms with Gasteiger partial charge in [0.25, 0.3) is 5.91 Å². The fourth-order valence-corrected chi connectivity index (χ4v) is 2.26. The molecule has 1 aromatic heterocycles. The van der Waals surface area contributed by atoms with Crippen LogP contribution >= 0.6 is 0 Å². The minimum atomic E-state index is -0.600. The summed E-state index contributed by atoms with van der Waals surface area (Å²) in [6.45, 7) is 8.64. The molecule has 0 spiro atoms. The first-order valence-corrected chi connectivity index (χ1v) is 7.28. The monoisotopic (exact) mass is 295 g/mol. The molecule has 7 heteroatoms. The molecule has 1 heterocycles. The molecule has 3 N–H and O–H groups in total. The van der Waals surface area contributed by atoms with E-state index >= 15 is 0 Å². The van der Waals surface area contributed by atoms with Gasteiger partial charge in [-0.2, -0.15) is 5.10 Å². The summed E-state index contributed by atoms with van der Waals surface area (Å²) < 4.78 is 1.46. The second-order valence-electron chi connectivity index (χ2n) is 4.89. The molecule has 0 saturated carbocycles. The number of amides is 2. The molecular weight excluding hydrogens is 270 g/mol. The third-order valence-electron chi connectivity index (χ3n) is 3.50. The van der Waals surface area contributed by atoms with Gasteiger partial charge in [-0.05, 0) is 27.2 Å². The number of nitrogens with zero attached hydrogens (tertiary/aromatic N) is 3. The van der Waals surface area contributed by atoms with Gasteiger partial charge in [-0.25, -0.2) is 0 Å². The number of carbonyl (C=O) groups is 2. The molecule has 21 heavy (non-hydrogen) atoms. The van der Waals surface area contributed by atoms with Crippen molar-refractivity contribution in [3.05, 3.63) is 11.4 Å². The number of hydrogen-bond acceptors (Lipinski definition) is 4. The predicted octanol–water partition coefficient (Wildman–Crippen LogP) is 0.551. The lowest BCUT2D eigenvalue weighted by Crippen LogP contribution is -2.47. The Morgan fingerprint density at radius 1 is 1.33 bits per heavy atom. The van der Waals surface area contributed by atoms with Crippen molar-refractivity contribution < 1.29 is 9.59 Å². The van der Waals surface area contributed by atoms with Gasteiger partial charge in [0.1, 0.15) is 11.7 Å². The van der Waals surface area contributed by atoms with Crippen LogP contribution in [-0.4, -0.2) is 45.6 Å². The van der Waals surface area contributed by atoms with Gasteiger partial charge in [-0.15, -0.1) is 0 Å². The van der Waals surface area contributed by atoms with E-state index < -0.39 is 6.04 Å². The maximum atomic E-state index is 12.3. The molecule has 0 bridgehead atoms. The topological polar surface area (TPSA) is 93.2 Å². The molecule has 0 aromatic carbocycles. The molecule has 0 fully saturated rings. The third-order valence-corrected chi connectivity index (χ3v) is 3.50. The van der Waals surface area contributed by atoms with Gasteiger partial charge in [0.15, 0.2) is 0 Å². The number of aromatic nitrogens is 2. The quantitative estimate of drug-likeness (QED) is 0.801. The number of likely N-dealkylation sites (N-methyl/N-ethyl adjacent to an activating group) is 1. The molecule has 1 aromatic rings. The zero-order chi connectivity index (χ0) is 16.2. The lowest BCUT2D eigenvalue weighted by Gasteiger charge is -2.23. The van der Waals surface area contributed by atoms with E-state index in [9.17, 15) is 9.59 Å². The second-order valence-corrected chi connectivity index (χ2v) is 4.89. The van der Waals surface area contributed by atoms with Crippen molar-refractivity contribution in [2.75, 3.05) is 18.8 Å².